The van der Waals surface area contributed by atoms with Gasteiger partial charge >= 0.3 is 0 Å². The molecule has 0 bridgehead atoms. The van der Waals surface area contributed by atoms with E-state index in [1.807, 2.05) is 6.07 Å². The number of β-amino-alcohol motifs (C(OH)–C–C–N with tert-alkyl or cyclic N) is 1. The molecule has 1 aromatic carbocycles. The van der Waals surface area contributed by atoms with Gasteiger partial charge in [-0.25, -0.2) is 0 Å². The molecule has 1 aliphatic rings. The third-order valence-electron chi connectivity index (χ3n) is 4.43. The average Bonchev–Trinajstić information content (AvgIpc) is 2.56. The van der Waals surface area contributed by atoms with Crippen molar-refractivity contribution in [3.63, 3.8) is 0 Å². The smallest absolute Gasteiger partial charge is 0.0900 e. The first kappa shape index (κ1) is 17.4. The summed E-state index contributed by atoms with van der Waals surface area (Å²) < 4.78 is 5.71. The largest absolute Gasteiger partial charge is 0.389 e. The van der Waals surface area contributed by atoms with Crippen molar-refractivity contribution in [1.29, 1.82) is 0 Å². The summed E-state index contributed by atoms with van der Waals surface area (Å²) in [6.07, 6.45) is -0.392. The van der Waals surface area contributed by atoms with Crippen LogP contribution in [-0.2, 0) is 4.74 Å². The molecule has 4 nitrogen and oxygen atoms in total. The van der Waals surface area contributed by atoms with Gasteiger partial charge in [0.1, 0.15) is 0 Å². The Kier molecular flexibility index (Phi) is 7.33. The van der Waals surface area contributed by atoms with E-state index in [0.717, 1.165) is 39.3 Å². The molecule has 0 unspecified atom stereocenters. The number of hydrogen-bond donors (Lipinski definition) is 1. The van der Waals surface area contributed by atoms with Gasteiger partial charge in [-0.15, -0.1) is 0 Å². The van der Waals surface area contributed by atoms with E-state index >= 15 is 0 Å². The lowest BCUT2D eigenvalue weighted by atomic mass is 10.0. The van der Waals surface area contributed by atoms with Crippen molar-refractivity contribution in [3.05, 3.63) is 35.9 Å². The standard InChI is InChI=1S/C18H30N2O2/c1-3-19-9-11-20(12-10-19)13-18(21)15-22-14-16(2)17-7-5-4-6-8-17/h4-8,16,18,21H,3,9-15H2,1-2H3/t16-,18-/m0/s1. The van der Waals surface area contributed by atoms with E-state index in [2.05, 4.69) is 47.9 Å². The zero-order valence-corrected chi connectivity index (χ0v) is 13.9. The molecule has 1 heterocycles. The Balaban J connectivity index is 1.61. The Hall–Kier alpha value is -0.940. The summed E-state index contributed by atoms with van der Waals surface area (Å²) in [4.78, 5) is 4.78. The molecule has 0 radical (unpaired) electrons. The highest BCUT2D eigenvalue weighted by Gasteiger charge is 2.18. The van der Waals surface area contributed by atoms with Gasteiger partial charge < -0.3 is 14.7 Å². The van der Waals surface area contributed by atoms with Gasteiger partial charge in [-0.2, -0.15) is 0 Å². The van der Waals surface area contributed by atoms with Crippen LogP contribution in [0.15, 0.2) is 30.3 Å². The van der Waals surface area contributed by atoms with Crippen LogP contribution in [0.4, 0.5) is 0 Å². The van der Waals surface area contributed by atoms with Gasteiger partial charge in [0, 0.05) is 38.6 Å². The SMILES string of the molecule is CCN1CCN(C[C@H](O)COC[C@H](C)c2ccccc2)CC1. The monoisotopic (exact) mass is 306 g/mol. The maximum Gasteiger partial charge on any atom is 0.0900 e. The summed E-state index contributed by atoms with van der Waals surface area (Å²) in [5.41, 5.74) is 1.28. The summed E-state index contributed by atoms with van der Waals surface area (Å²) >= 11 is 0. The molecule has 1 saturated heterocycles. The normalized spacial score (nSPS) is 20.0. The van der Waals surface area contributed by atoms with E-state index in [4.69, 9.17) is 4.74 Å². The predicted octanol–water partition coefficient (Wildman–Crippen LogP) is 1.81. The molecule has 2 rings (SSSR count). The van der Waals surface area contributed by atoms with Crippen LogP contribution in [0.3, 0.4) is 0 Å². The topological polar surface area (TPSA) is 35.9 Å². The second-order valence-electron chi connectivity index (χ2n) is 6.24. The first-order chi connectivity index (χ1) is 10.7. The molecule has 0 saturated carbocycles. The fraction of sp³-hybridized carbons (Fsp3) is 0.667. The van der Waals surface area contributed by atoms with Crippen LogP contribution in [0.25, 0.3) is 0 Å². The maximum atomic E-state index is 10.1. The van der Waals surface area contributed by atoms with Gasteiger partial charge in [0.2, 0.25) is 0 Å². The quantitative estimate of drug-likeness (QED) is 0.794. The lowest BCUT2D eigenvalue weighted by Crippen LogP contribution is -2.48. The number of hydrogen-bond acceptors (Lipinski definition) is 4. The number of piperazine rings is 1. The molecular weight excluding hydrogens is 276 g/mol. The molecule has 0 aromatic heterocycles. The van der Waals surface area contributed by atoms with Gasteiger partial charge in [0.25, 0.3) is 0 Å². The Labute approximate surface area is 134 Å². The molecule has 124 valence electrons. The van der Waals surface area contributed by atoms with E-state index < -0.39 is 6.10 Å². The van der Waals surface area contributed by atoms with Crippen molar-refractivity contribution in [2.45, 2.75) is 25.9 Å². The number of nitrogens with zero attached hydrogens (tertiary/aromatic N) is 2. The summed E-state index contributed by atoms with van der Waals surface area (Å²) in [6.45, 7) is 11.6. The Bertz CT molecular complexity index is 405. The average molecular weight is 306 g/mol. The number of ether oxygens (including phenoxy) is 1. The number of aliphatic hydroxyl groups excluding tert-OH is 1. The third-order valence-corrected chi connectivity index (χ3v) is 4.43. The molecular formula is C18H30N2O2. The highest BCUT2D eigenvalue weighted by molar-refractivity contribution is 5.18. The third kappa shape index (κ3) is 5.69. The fourth-order valence-electron chi connectivity index (χ4n) is 2.90. The Morgan fingerprint density at radius 2 is 1.68 bits per heavy atom. The van der Waals surface area contributed by atoms with E-state index in [0.29, 0.717) is 19.1 Å². The van der Waals surface area contributed by atoms with Crippen molar-refractivity contribution in [3.8, 4) is 0 Å². The Morgan fingerprint density at radius 3 is 2.32 bits per heavy atom. The highest BCUT2D eigenvalue weighted by Crippen LogP contribution is 2.14. The van der Waals surface area contributed by atoms with Crippen molar-refractivity contribution in [1.82, 2.24) is 9.80 Å². The van der Waals surface area contributed by atoms with Crippen LogP contribution in [0.5, 0.6) is 0 Å². The first-order valence-corrected chi connectivity index (χ1v) is 8.44. The fourth-order valence-corrected chi connectivity index (χ4v) is 2.90. The van der Waals surface area contributed by atoms with Crippen molar-refractivity contribution >= 4 is 0 Å². The molecule has 1 aliphatic heterocycles. The minimum atomic E-state index is -0.392. The zero-order chi connectivity index (χ0) is 15.8. The number of likely N-dealkylation sites (N-methyl/N-ethyl adjacent to an activating group) is 1. The van der Waals surface area contributed by atoms with Crippen LogP contribution in [0.1, 0.15) is 25.3 Å². The van der Waals surface area contributed by atoms with Crippen LogP contribution in [0.2, 0.25) is 0 Å². The molecule has 1 fully saturated rings. The molecule has 4 heteroatoms. The molecule has 22 heavy (non-hydrogen) atoms. The van der Waals surface area contributed by atoms with Gasteiger partial charge in [0.05, 0.1) is 19.3 Å². The van der Waals surface area contributed by atoms with Crippen LogP contribution >= 0.6 is 0 Å². The van der Waals surface area contributed by atoms with Gasteiger partial charge in [-0.3, -0.25) is 4.90 Å². The molecule has 0 amide bonds. The minimum absolute atomic E-state index is 0.362. The minimum Gasteiger partial charge on any atom is -0.389 e. The van der Waals surface area contributed by atoms with E-state index in [-0.39, 0.29) is 0 Å². The first-order valence-electron chi connectivity index (χ1n) is 8.44. The molecule has 1 aromatic rings. The molecule has 0 aliphatic carbocycles. The lowest BCUT2D eigenvalue weighted by Gasteiger charge is -2.34. The van der Waals surface area contributed by atoms with Crippen molar-refractivity contribution in [2.75, 3.05) is 52.5 Å². The van der Waals surface area contributed by atoms with Crippen LogP contribution in [0, 0.1) is 0 Å². The zero-order valence-electron chi connectivity index (χ0n) is 13.9. The number of rotatable bonds is 8. The summed E-state index contributed by atoms with van der Waals surface area (Å²) in [7, 11) is 0. The van der Waals surface area contributed by atoms with Gasteiger partial charge in [-0.1, -0.05) is 44.2 Å². The molecule has 1 N–H and O–H groups in total. The second-order valence-corrected chi connectivity index (χ2v) is 6.24. The number of benzene rings is 1. The van der Waals surface area contributed by atoms with Crippen molar-refractivity contribution in [2.24, 2.45) is 0 Å². The van der Waals surface area contributed by atoms with E-state index in [9.17, 15) is 5.11 Å². The molecule has 0 spiro atoms. The van der Waals surface area contributed by atoms with Crippen molar-refractivity contribution < 1.29 is 9.84 Å². The van der Waals surface area contributed by atoms with Crippen LogP contribution in [-0.4, -0.2) is 73.5 Å². The number of aliphatic hydroxyl groups is 1. The van der Waals surface area contributed by atoms with Gasteiger partial charge in [-0.05, 0) is 12.1 Å². The Morgan fingerprint density at radius 1 is 1.05 bits per heavy atom. The summed E-state index contributed by atoms with van der Waals surface area (Å²) in [5.74, 6) is 0.362. The van der Waals surface area contributed by atoms with E-state index in [1.54, 1.807) is 0 Å². The van der Waals surface area contributed by atoms with Crippen LogP contribution < -0.4 is 0 Å². The second kappa shape index (κ2) is 9.26. The van der Waals surface area contributed by atoms with Gasteiger partial charge in [0.15, 0.2) is 0 Å². The summed E-state index contributed by atoms with van der Waals surface area (Å²) in [6, 6.07) is 10.4. The highest BCUT2D eigenvalue weighted by atomic mass is 16.5. The predicted molar refractivity (Wildman–Crippen MR) is 90.2 cm³/mol. The summed E-state index contributed by atoms with van der Waals surface area (Å²) in [5, 5.41) is 10.1. The van der Waals surface area contributed by atoms with E-state index in [1.165, 1.54) is 5.56 Å². The maximum absolute atomic E-state index is 10.1. The lowest BCUT2D eigenvalue weighted by molar-refractivity contribution is 0.00458. The molecule has 2 atom stereocenters.